The summed E-state index contributed by atoms with van der Waals surface area (Å²) < 4.78 is 25.8. The Morgan fingerprint density at radius 1 is 1.09 bits per heavy atom. The second kappa shape index (κ2) is 5.39. The number of aliphatic hydroxyl groups excluding tert-OH is 1. The number of aliphatic hydroxyl groups is 1. The highest BCUT2D eigenvalue weighted by Crippen LogP contribution is 2.40. The molecule has 0 saturated carbocycles. The molecule has 0 aromatic heterocycles. The van der Waals surface area contributed by atoms with E-state index in [0.29, 0.717) is 24.8 Å². The van der Waals surface area contributed by atoms with Crippen LogP contribution in [0.3, 0.4) is 0 Å². The van der Waals surface area contributed by atoms with Crippen molar-refractivity contribution in [3.8, 4) is 0 Å². The highest BCUT2D eigenvalue weighted by molar-refractivity contribution is 7.96. The van der Waals surface area contributed by atoms with Crippen LogP contribution in [0.2, 0.25) is 0 Å². The van der Waals surface area contributed by atoms with Crippen LogP contribution in [-0.4, -0.2) is 19.3 Å². The monoisotopic (exact) mass is 318 g/mol. The first-order valence-electron chi connectivity index (χ1n) is 7.38. The summed E-state index contributed by atoms with van der Waals surface area (Å²) >= 11 is 0. The molecule has 5 heteroatoms. The van der Waals surface area contributed by atoms with E-state index >= 15 is 0 Å². The molecule has 2 aliphatic rings. The first-order chi connectivity index (χ1) is 10.4. The third kappa shape index (κ3) is 2.50. The fourth-order valence-electron chi connectivity index (χ4n) is 3.12. The average Bonchev–Trinajstić information content (AvgIpc) is 2.47. The molecule has 0 amide bonds. The van der Waals surface area contributed by atoms with Gasteiger partial charge in [-0.3, -0.25) is 4.79 Å². The van der Waals surface area contributed by atoms with Crippen molar-refractivity contribution in [1.82, 2.24) is 0 Å². The summed E-state index contributed by atoms with van der Waals surface area (Å²) in [7, 11) is -3.85. The number of hydrogen-bond acceptors (Lipinski definition) is 4. The molecular weight excluding hydrogens is 300 g/mol. The Balaban J connectivity index is 2.20. The highest BCUT2D eigenvalue weighted by atomic mass is 32.2. The van der Waals surface area contributed by atoms with Gasteiger partial charge in [0, 0.05) is 12.8 Å². The van der Waals surface area contributed by atoms with E-state index in [1.165, 1.54) is 18.2 Å². The van der Waals surface area contributed by atoms with Crippen molar-refractivity contribution in [3.05, 3.63) is 52.1 Å². The Labute approximate surface area is 130 Å². The zero-order valence-electron chi connectivity index (χ0n) is 12.4. The number of allylic oxidation sites excluding steroid dienone is 4. The molecule has 0 aliphatic heterocycles. The van der Waals surface area contributed by atoms with Gasteiger partial charge in [-0.2, -0.15) is 0 Å². The molecule has 3 rings (SSSR count). The van der Waals surface area contributed by atoms with Crippen molar-refractivity contribution in [3.63, 3.8) is 0 Å². The fourth-order valence-corrected chi connectivity index (χ4v) is 4.79. The molecule has 1 unspecified atom stereocenters. The topological polar surface area (TPSA) is 71.4 Å². The number of aryl methyl sites for hydroxylation is 1. The molecule has 0 saturated heterocycles. The largest absolute Gasteiger partial charge is 0.512 e. The van der Waals surface area contributed by atoms with Crippen LogP contribution in [0, 0.1) is 12.8 Å². The smallest absolute Gasteiger partial charge is 0.210 e. The van der Waals surface area contributed by atoms with Crippen LogP contribution in [-0.2, 0) is 14.6 Å². The van der Waals surface area contributed by atoms with E-state index in [1.54, 1.807) is 12.1 Å². The summed E-state index contributed by atoms with van der Waals surface area (Å²) in [5.41, 5.74) is 1.44. The van der Waals surface area contributed by atoms with E-state index in [2.05, 4.69) is 0 Å². The zero-order valence-corrected chi connectivity index (χ0v) is 13.2. The summed E-state index contributed by atoms with van der Waals surface area (Å²) in [5.74, 6) is -0.154. The first kappa shape index (κ1) is 15.0. The second-order valence-electron chi connectivity index (χ2n) is 5.93. The minimum Gasteiger partial charge on any atom is -0.512 e. The molecule has 22 heavy (non-hydrogen) atoms. The standard InChI is InChI=1S/C17H18O4S/c1-11-2-7-14(8-3-11)22(20,21)17-15-10-13(18)6-4-12(15)5-9-16(17)19/h2-3,7-8,10,12,18H,4-6,9H2,1H3. The van der Waals surface area contributed by atoms with Gasteiger partial charge in [0.05, 0.1) is 10.7 Å². The minimum atomic E-state index is -3.85. The van der Waals surface area contributed by atoms with Gasteiger partial charge in [-0.15, -0.1) is 0 Å². The van der Waals surface area contributed by atoms with Gasteiger partial charge in [-0.05, 0) is 49.5 Å². The fraction of sp³-hybridized carbons (Fsp3) is 0.353. The summed E-state index contributed by atoms with van der Waals surface area (Å²) in [5, 5.41) is 9.75. The lowest BCUT2D eigenvalue weighted by Crippen LogP contribution is -2.26. The maximum absolute atomic E-state index is 12.9. The predicted octanol–water partition coefficient (Wildman–Crippen LogP) is 3.24. The first-order valence-corrected chi connectivity index (χ1v) is 8.86. The zero-order chi connectivity index (χ0) is 15.9. The summed E-state index contributed by atoms with van der Waals surface area (Å²) in [6, 6.07) is 6.50. The molecule has 4 nitrogen and oxygen atoms in total. The van der Waals surface area contributed by atoms with Crippen LogP contribution < -0.4 is 0 Å². The molecule has 0 heterocycles. The predicted molar refractivity (Wildman–Crippen MR) is 83.1 cm³/mol. The number of sulfone groups is 1. The van der Waals surface area contributed by atoms with Crippen LogP contribution in [0.1, 0.15) is 31.2 Å². The molecule has 0 radical (unpaired) electrons. The van der Waals surface area contributed by atoms with Crippen molar-refractivity contribution >= 4 is 15.6 Å². The van der Waals surface area contributed by atoms with Crippen molar-refractivity contribution in [2.45, 2.75) is 37.5 Å². The van der Waals surface area contributed by atoms with Gasteiger partial charge >= 0.3 is 0 Å². The van der Waals surface area contributed by atoms with E-state index < -0.39 is 9.84 Å². The summed E-state index contributed by atoms with van der Waals surface area (Å²) in [6.45, 7) is 1.88. The van der Waals surface area contributed by atoms with Gasteiger partial charge < -0.3 is 5.11 Å². The van der Waals surface area contributed by atoms with Gasteiger partial charge in [-0.25, -0.2) is 8.42 Å². The third-order valence-corrected chi connectivity index (χ3v) is 6.24. The number of rotatable bonds is 2. The van der Waals surface area contributed by atoms with Crippen molar-refractivity contribution in [2.75, 3.05) is 0 Å². The van der Waals surface area contributed by atoms with Gasteiger partial charge in [0.2, 0.25) is 9.84 Å². The molecule has 0 spiro atoms. The Morgan fingerprint density at radius 2 is 1.73 bits per heavy atom. The molecule has 2 aliphatic carbocycles. The van der Waals surface area contributed by atoms with Crippen LogP contribution in [0.4, 0.5) is 0 Å². The summed E-state index contributed by atoms with van der Waals surface area (Å²) in [6.07, 6.45) is 3.62. The van der Waals surface area contributed by atoms with Crippen molar-refractivity contribution in [1.29, 1.82) is 0 Å². The third-order valence-electron chi connectivity index (χ3n) is 4.35. The number of carbonyl (C=O) groups is 1. The van der Waals surface area contributed by atoms with Gasteiger partial charge in [0.1, 0.15) is 4.91 Å². The van der Waals surface area contributed by atoms with Gasteiger partial charge in [0.25, 0.3) is 0 Å². The van der Waals surface area contributed by atoms with Gasteiger partial charge in [-0.1, -0.05) is 17.7 Å². The van der Waals surface area contributed by atoms with Gasteiger partial charge in [0.15, 0.2) is 5.78 Å². The Hall–Kier alpha value is -1.88. The van der Waals surface area contributed by atoms with E-state index in [9.17, 15) is 18.3 Å². The SMILES string of the molecule is Cc1ccc(S(=O)(=O)C2=C3C=C(O)CCC3CCC2=O)cc1. The van der Waals surface area contributed by atoms with E-state index in [1.807, 2.05) is 6.92 Å². The molecule has 1 atom stereocenters. The van der Waals surface area contributed by atoms with Crippen LogP contribution in [0.15, 0.2) is 51.5 Å². The molecule has 1 aromatic carbocycles. The van der Waals surface area contributed by atoms with Crippen LogP contribution in [0.25, 0.3) is 0 Å². The number of carbonyl (C=O) groups excluding carboxylic acids is 1. The van der Waals surface area contributed by atoms with Crippen molar-refractivity contribution in [2.24, 2.45) is 5.92 Å². The number of hydrogen-bond donors (Lipinski definition) is 1. The van der Waals surface area contributed by atoms with Crippen LogP contribution >= 0.6 is 0 Å². The lowest BCUT2D eigenvalue weighted by atomic mass is 9.80. The number of ketones is 1. The number of Topliss-reactive ketones (excluding diaryl/α,β-unsaturated/α-hetero) is 1. The lowest BCUT2D eigenvalue weighted by molar-refractivity contribution is -0.115. The molecule has 1 aromatic rings. The van der Waals surface area contributed by atoms with Crippen molar-refractivity contribution < 1.29 is 18.3 Å². The molecular formula is C17H18O4S. The van der Waals surface area contributed by atoms with E-state index in [0.717, 1.165) is 5.56 Å². The molecule has 1 N–H and O–H groups in total. The molecule has 0 bridgehead atoms. The number of fused-ring (bicyclic) bond motifs is 1. The maximum Gasteiger partial charge on any atom is 0.210 e. The summed E-state index contributed by atoms with van der Waals surface area (Å²) in [4.78, 5) is 12.3. The lowest BCUT2D eigenvalue weighted by Gasteiger charge is -2.29. The maximum atomic E-state index is 12.9. The normalized spacial score (nSPS) is 22.3. The van der Waals surface area contributed by atoms with Crippen LogP contribution in [0.5, 0.6) is 0 Å². The minimum absolute atomic E-state index is 0.0452. The highest BCUT2D eigenvalue weighted by Gasteiger charge is 2.37. The Morgan fingerprint density at radius 3 is 2.41 bits per heavy atom. The average molecular weight is 318 g/mol. The number of benzene rings is 1. The molecule has 0 fully saturated rings. The quantitative estimate of drug-likeness (QED) is 0.908. The van der Waals surface area contributed by atoms with E-state index in [4.69, 9.17) is 0 Å². The Bertz CT molecular complexity index is 782. The Kier molecular flexibility index (Phi) is 3.68. The van der Waals surface area contributed by atoms with E-state index in [-0.39, 0.29) is 33.7 Å². The molecule has 116 valence electrons. The second-order valence-corrected chi connectivity index (χ2v) is 7.82.